The summed E-state index contributed by atoms with van der Waals surface area (Å²) in [5.41, 5.74) is -1.29. The van der Waals surface area contributed by atoms with Crippen molar-refractivity contribution >= 4 is 11.9 Å². The van der Waals surface area contributed by atoms with Gasteiger partial charge in [-0.25, -0.2) is 0 Å². The van der Waals surface area contributed by atoms with E-state index in [-0.39, 0.29) is 5.97 Å². The van der Waals surface area contributed by atoms with Crippen molar-refractivity contribution in [2.45, 2.75) is 47.0 Å². The van der Waals surface area contributed by atoms with Crippen molar-refractivity contribution in [3.8, 4) is 0 Å². The van der Waals surface area contributed by atoms with E-state index in [2.05, 4.69) is 0 Å². The summed E-state index contributed by atoms with van der Waals surface area (Å²) in [7, 11) is 1.38. The highest BCUT2D eigenvalue weighted by Gasteiger charge is 2.28. The van der Waals surface area contributed by atoms with Crippen LogP contribution in [0.2, 0.25) is 0 Å². The van der Waals surface area contributed by atoms with E-state index in [0.29, 0.717) is 39.3 Å². The number of hydrogen-bond acceptors (Lipinski definition) is 5. The minimum atomic E-state index is -0.812. The molecular formula is C16H30O6. The maximum absolute atomic E-state index is 11.5. The molecule has 0 aromatic carbocycles. The molecule has 0 unspecified atom stereocenters. The first-order chi connectivity index (χ1) is 10.1. The van der Waals surface area contributed by atoms with Crippen molar-refractivity contribution in [3.05, 3.63) is 0 Å². The fourth-order valence-electron chi connectivity index (χ4n) is 1.61. The normalized spacial score (nSPS) is 12.2. The summed E-state index contributed by atoms with van der Waals surface area (Å²) in [6.07, 6.45) is 1.83. The fourth-order valence-corrected chi connectivity index (χ4v) is 1.61. The Morgan fingerprint density at radius 1 is 0.864 bits per heavy atom. The lowest BCUT2D eigenvalue weighted by Gasteiger charge is -2.21. The predicted octanol–water partition coefficient (Wildman–Crippen LogP) is 2.50. The smallest absolute Gasteiger partial charge is 0.311 e. The van der Waals surface area contributed by atoms with Gasteiger partial charge in [-0.3, -0.25) is 9.59 Å². The molecule has 0 aliphatic rings. The van der Waals surface area contributed by atoms with E-state index in [1.165, 1.54) is 7.11 Å². The Kier molecular flexibility index (Phi) is 9.28. The Balaban J connectivity index is 3.56. The van der Waals surface area contributed by atoms with Crippen molar-refractivity contribution in [3.63, 3.8) is 0 Å². The molecule has 0 aliphatic heterocycles. The molecular weight excluding hydrogens is 288 g/mol. The van der Waals surface area contributed by atoms with E-state index in [1.807, 2.05) is 13.8 Å². The molecule has 0 radical (unpaired) electrons. The van der Waals surface area contributed by atoms with Gasteiger partial charge in [0.05, 0.1) is 17.9 Å². The number of ether oxygens (including phenoxy) is 3. The highest BCUT2D eigenvalue weighted by Crippen LogP contribution is 2.22. The minimum absolute atomic E-state index is 0.236. The van der Waals surface area contributed by atoms with Gasteiger partial charge in [0.1, 0.15) is 0 Å². The number of carbonyl (C=O) groups is 2. The van der Waals surface area contributed by atoms with Crippen LogP contribution in [-0.4, -0.2) is 50.6 Å². The first-order valence-corrected chi connectivity index (χ1v) is 7.61. The largest absolute Gasteiger partial charge is 0.481 e. The van der Waals surface area contributed by atoms with Crippen LogP contribution < -0.4 is 0 Å². The number of hydrogen-bond donors (Lipinski definition) is 1. The Morgan fingerprint density at radius 2 is 1.32 bits per heavy atom. The van der Waals surface area contributed by atoms with Crippen LogP contribution in [-0.2, 0) is 23.8 Å². The molecule has 0 spiro atoms. The summed E-state index contributed by atoms with van der Waals surface area (Å²) in [4.78, 5) is 22.4. The number of carboxylic acids is 1. The predicted molar refractivity (Wildman–Crippen MR) is 82.7 cm³/mol. The molecule has 0 bridgehead atoms. The van der Waals surface area contributed by atoms with Crippen molar-refractivity contribution in [1.29, 1.82) is 0 Å². The molecule has 0 saturated carbocycles. The van der Waals surface area contributed by atoms with Crippen molar-refractivity contribution in [1.82, 2.24) is 0 Å². The highest BCUT2D eigenvalue weighted by molar-refractivity contribution is 5.75. The van der Waals surface area contributed by atoms with Gasteiger partial charge in [-0.1, -0.05) is 0 Å². The Morgan fingerprint density at radius 3 is 1.73 bits per heavy atom. The molecule has 1 N–H and O–H groups in total. The zero-order valence-corrected chi connectivity index (χ0v) is 14.4. The van der Waals surface area contributed by atoms with Crippen LogP contribution in [0.1, 0.15) is 47.0 Å². The van der Waals surface area contributed by atoms with Gasteiger partial charge in [0, 0.05) is 26.4 Å². The Labute approximate surface area is 133 Å². The highest BCUT2D eigenvalue weighted by atomic mass is 16.5. The SMILES string of the molecule is COC(=O)C(C)(C)CCOCCCOCCC(C)(C)C(=O)O. The van der Waals surface area contributed by atoms with Gasteiger partial charge >= 0.3 is 11.9 Å². The second kappa shape index (κ2) is 9.79. The van der Waals surface area contributed by atoms with E-state index in [9.17, 15) is 9.59 Å². The molecule has 130 valence electrons. The van der Waals surface area contributed by atoms with E-state index in [4.69, 9.17) is 19.3 Å². The quantitative estimate of drug-likeness (QED) is 0.440. The first kappa shape index (κ1) is 20.9. The number of carboxylic acid groups (broad SMARTS) is 1. The average molecular weight is 318 g/mol. The third-order valence-electron chi connectivity index (χ3n) is 3.64. The second-order valence-corrected chi connectivity index (χ2v) is 6.64. The number of carbonyl (C=O) groups excluding carboxylic acids is 1. The summed E-state index contributed by atoms with van der Waals surface area (Å²) in [5, 5.41) is 8.96. The molecule has 0 amide bonds. The van der Waals surface area contributed by atoms with Crippen LogP contribution in [0.5, 0.6) is 0 Å². The lowest BCUT2D eigenvalue weighted by atomic mass is 9.90. The zero-order valence-electron chi connectivity index (χ0n) is 14.4. The average Bonchev–Trinajstić information content (AvgIpc) is 2.44. The van der Waals surface area contributed by atoms with E-state index in [1.54, 1.807) is 13.8 Å². The molecule has 0 heterocycles. The van der Waals surface area contributed by atoms with Gasteiger partial charge in [0.2, 0.25) is 0 Å². The summed E-state index contributed by atoms with van der Waals surface area (Å²) < 4.78 is 15.6. The van der Waals surface area contributed by atoms with Crippen molar-refractivity contribution < 1.29 is 28.9 Å². The molecule has 0 atom stereocenters. The summed E-state index contributed by atoms with van der Waals surface area (Å²) in [6, 6.07) is 0. The topological polar surface area (TPSA) is 82.1 Å². The molecule has 0 aromatic rings. The number of methoxy groups -OCH3 is 1. The van der Waals surface area contributed by atoms with Crippen LogP contribution in [0.15, 0.2) is 0 Å². The van der Waals surface area contributed by atoms with Crippen LogP contribution in [0.4, 0.5) is 0 Å². The van der Waals surface area contributed by atoms with Crippen LogP contribution in [0, 0.1) is 10.8 Å². The van der Waals surface area contributed by atoms with Crippen LogP contribution >= 0.6 is 0 Å². The second-order valence-electron chi connectivity index (χ2n) is 6.64. The maximum atomic E-state index is 11.5. The maximum Gasteiger partial charge on any atom is 0.311 e. The Bertz CT molecular complexity index is 349. The minimum Gasteiger partial charge on any atom is -0.481 e. The lowest BCUT2D eigenvalue weighted by molar-refractivity contribution is -0.151. The molecule has 6 nitrogen and oxygen atoms in total. The third kappa shape index (κ3) is 8.34. The zero-order chi connectivity index (χ0) is 17.2. The monoisotopic (exact) mass is 318 g/mol. The molecule has 0 rings (SSSR count). The fraction of sp³-hybridized carbons (Fsp3) is 0.875. The molecule has 0 aliphatic carbocycles. The van der Waals surface area contributed by atoms with Gasteiger partial charge in [-0.05, 0) is 47.0 Å². The van der Waals surface area contributed by atoms with Crippen molar-refractivity contribution in [2.75, 3.05) is 33.5 Å². The third-order valence-corrected chi connectivity index (χ3v) is 3.64. The summed E-state index contributed by atoms with van der Waals surface area (Å²) in [6.45, 7) is 9.04. The van der Waals surface area contributed by atoms with Gasteiger partial charge in [-0.15, -0.1) is 0 Å². The van der Waals surface area contributed by atoms with Crippen LogP contribution in [0.25, 0.3) is 0 Å². The van der Waals surface area contributed by atoms with Gasteiger partial charge in [-0.2, -0.15) is 0 Å². The summed E-state index contributed by atoms with van der Waals surface area (Å²) in [5.74, 6) is -1.05. The van der Waals surface area contributed by atoms with E-state index in [0.717, 1.165) is 6.42 Å². The molecule has 22 heavy (non-hydrogen) atoms. The molecule has 0 fully saturated rings. The summed E-state index contributed by atoms with van der Waals surface area (Å²) >= 11 is 0. The molecule has 6 heteroatoms. The van der Waals surface area contributed by atoms with E-state index < -0.39 is 16.8 Å². The first-order valence-electron chi connectivity index (χ1n) is 7.61. The van der Waals surface area contributed by atoms with Gasteiger partial charge < -0.3 is 19.3 Å². The van der Waals surface area contributed by atoms with E-state index >= 15 is 0 Å². The van der Waals surface area contributed by atoms with Gasteiger partial charge in [0.25, 0.3) is 0 Å². The van der Waals surface area contributed by atoms with Gasteiger partial charge in [0.15, 0.2) is 0 Å². The van der Waals surface area contributed by atoms with Crippen molar-refractivity contribution in [2.24, 2.45) is 10.8 Å². The molecule has 0 saturated heterocycles. The number of aliphatic carboxylic acids is 1. The number of rotatable bonds is 12. The lowest BCUT2D eigenvalue weighted by Crippen LogP contribution is -2.27. The number of esters is 1. The van der Waals surface area contributed by atoms with Crippen LogP contribution in [0.3, 0.4) is 0 Å². The Hall–Kier alpha value is -1.14. The molecule has 0 aromatic heterocycles. The standard InChI is InChI=1S/C16H30O6/c1-15(2,13(17)18)7-11-21-9-6-10-22-12-8-16(3,4)14(19)20-5/h6-12H2,1-5H3,(H,17,18).